The van der Waals surface area contributed by atoms with Gasteiger partial charge in [-0.25, -0.2) is 0 Å². The van der Waals surface area contributed by atoms with Crippen molar-refractivity contribution >= 4 is 81.2 Å². The summed E-state index contributed by atoms with van der Waals surface area (Å²) in [5.41, 5.74) is 0. The highest BCUT2D eigenvalue weighted by Crippen LogP contribution is 2.23. The summed E-state index contributed by atoms with van der Waals surface area (Å²) in [5, 5.41) is 0. The molecule has 0 heterocycles. The zero-order chi connectivity index (χ0) is 11.5. The average Bonchev–Trinajstić information content (AvgIpc) is 1.82. The van der Waals surface area contributed by atoms with Crippen molar-refractivity contribution in [1.29, 1.82) is 0 Å². The summed E-state index contributed by atoms with van der Waals surface area (Å²) >= 11 is 35.4. The van der Waals surface area contributed by atoms with Crippen LogP contribution in [0.5, 0.6) is 0 Å². The van der Waals surface area contributed by atoms with Gasteiger partial charge in [-0.2, -0.15) is 0 Å². The van der Waals surface area contributed by atoms with Crippen LogP contribution < -0.4 is 0 Å². The Hall–Kier alpha value is 2.03. The molecule has 13 heavy (non-hydrogen) atoms. The van der Waals surface area contributed by atoms with E-state index >= 15 is 0 Å². The Labute approximate surface area is 115 Å². The molecule has 0 N–H and O–H groups in total. The lowest BCUT2D eigenvalue weighted by Crippen LogP contribution is -1.87. The van der Waals surface area contributed by atoms with E-state index in [4.69, 9.17) is 81.2 Å². The van der Waals surface area contributed by atoms with E-state index in [1.165, 1.54) is 6.92 Å². The molecule has 0 fully saturated rings. The third kappa shape index (κ3) is 221. The molecule has 0 rings (SSSR count). The molecule has 0 aromatic heterocycles. The van der Waals surface area contributed by atoms with E-state index in [0.717, 1.165) is 0 Å². The van der Waals surface area contributed by atoms with Gasteiger partial charge in [0.1, 0.15) is 4.84 Å². The molecular weight excluding hydrogens is 320 g/mol. The van der Waals surface area contributed by atoms with Gasteiger partial charge < -0.3 is 0 Å². The van der Waals surface area contributed by atoms with Gasteiger partial charge in [-0.05, 0) is 13.8 Å². The van der Waals surface area contributed by atoms with E-state index in [1.54, 1.807) is 6.92 Å². The maximum absolute atomic E-state index is 5.06. The SMILES string of the molecule is CC(Cl)(Cl)Cl.CC(Cl)Cl.ClCCCl. The molecular formula is C6H11Cl7. The third-order valence-electron chi connectivity index (χ3n) is 0.0714. The molecule has 84 valence electrons. The maximum atomic E-state index is 5.06. The van der Waals surface area contributed by atoms with Crippen molar-refractivity contribution in [2.45, 2.75) is 22.5 Å². The van der Waals surface area contributed by atoms with Gasteiger partial charge in [-0.3, -0.25) is 0 Å². The minimum atomic E-state index is -1.08. The molecule has 0 aliphatic carbocycles. The second-order valence-corrected chi connectivity index (χ2v) is 6.81. The molecule has 0 aromatic rings. The number of alkyl halides is 7. The Morgan fingerprint density at radius 2 is 1.08 bits per heavy atom. The quantitative estimate of drug-likeness (QED) is 0.545. The molecule has 0 aromatic carbocycles. The van der Waals surface area contributed by atoms with E-state index in [1.807, 2.05) is 0 Å². The molecule has 0 saturated carbocycles. The van der Waals surface area contributed by atoms with Crippen LogP contribution in [0.2, 0.25) is 0 Å². The smallest absolute Gasteiger partial charge is 0.125 e. The predicted octanol–water partition coefficient (Wildman–Crippen LogP) is 5.65. The summed E-state index contributed by atoms with van der Waals surface area (Å²) in [6.07, 6.45) is 0. The maximum Gasteiger partial charge on any atom is 0.187 e. The first-order chi connectivity index (χ1) is 5.65. The molecule has 0 nitrogen and oxygen atoms in total. The van der Waals surface area contributed by atoms with Crippen LogP contribution in [-0.2, 0) is 0 Å². The number of halogens is 7. The number of hydrogen-bond acceptors (Lipinski definition) is 0. The third-order valence-corrected chi connectivity index (χ3v) is 0.643. The molecule has 0 amide bonds. The average molecular weight is 331 g/mol. The molecule has 0 bridgehead atoms. The van der Waals surface area contributed by atoms with Crippen LogP contribution in [0.15, 0.2) is 0 Å². The second kappa shape index (κ2) is 14.0. The van der Waals surface area contributed by atoms with Gasteiger partial charge in [-0.15, -0.1) is 46.4 Å². The highest BCUT2D eigenvalue weighted by molar-refractivity contribution is 6.67. The topological polar surface area (TPSA) is 0 Å². The van der Waals surface area contributed by atoms with Crippen LogP contribution in [-0.4, -0.2) is 20.4 Å². The van der Waals surface area contributed by atoms with Gasteiger partial charge in [-0.1, -0.05) is 34.8 Å². The van der Waals surface area contributed by atoms with E-state index in [0.29, 0.717) is 11.8 Å². The zero-order valence-corrected chi connectivity index (χ0v) is 12.4. The Kier molecular flexibility index (Phi) is 22.1. The molecule has 0 radical (unpaired) electrons. The van der Waals surface area contributed by atoms with Crippen molar-refractivity contribution in [3.8, 4) is 0 Å². The molecule has 0 unspecified atom stereocenters. The van der Waals surface area contributed by atoms with E-state index in [9.17, 15) is 0 Å². The first kappa shape index (κ1) is 20.4. The molecule has 0 aliphatic heterocycles. The molecule has 7 heteroatoms. The van der Waals surface area contributed by atoms with Gasteiger partial charge in [0, 0.05) is 11.8 Å². The predicted molar refractivity (Wildman–Crippen MR) is 68.6 cm³/mol. The first-order valence-electron chi connectivity index (χ1n) is 3.12. The fourth-order valence-corrected chi connectivity index (χ4v) is 0. The van der Waals surface area contributed by atoms with Crippen molar-refractivity contribution in [1.82, 2.24) is 0 Å². The van der Waals surface area contributed by atoms with Crippen molar-refractivity contribution in [2.75, 3.05) is 11.8 Å². The Morgan fingerprint density at radius 1 is 1.00 bits per heavy atom. The Bertz CT molecular complexity index is 66.8. The summed E-state index contributed by atoms with van der Waals surface area (Å²) < 4.78 is -1.08. The van der Waals surface area contributed by atoms with Crippen molar-refractivity contribution in [3.63, 3.8) is 0 Å². The molecule has 0 saturated heterocycles. The lowest BCUT2D eigenvalue weighted by atomic mass is 10.9. The minimum absolute atomic E-state index is 0.222. The summed E-state index contributed by atoms with van der Waals surface area (Å²) in [5.74, 6) is 1.11. The van der Waals surface area contributed by atoms with Crippen LogP contribution >= 0.6 is 81.2 Å². The van der Waals surface area contributed by atoms with Crippen LogP contribution in [0.3, 0.4) is 0 Å². The molecule has 0 aliphatic rings. The lowest BCUT2D eigenvalue weighted by molar-refractivity contribution is 1.27. The van der Waals surface area contributed by atoms with Crippen LogP contribution in [0.25, 0.3) is 0 Å². The lowest BCUT2D eigenvalue weighted by Gasteiger charge is -1.94. The monoisotopic (exact) mass is 328 g/mol. The highest BCUT2D eigenvalue weighted by atomic mass is 35.6. The summed E-state index contributed by atoms with van der Waals surface area (Å²) in [4.78, 5) is -0.222. The van der Waals surface area contributed by atoms with E-state index < -0.39 is 3.79 Å². The van der Waals surface area contributed by atoms with E-state index in [2.05, 4.69) is 0 Å². The summed E-state index contributed by atoms with van der Waals surface area (Å²) in [6.45, 7) is 3.18. The zero-order valence-electron chi connectivity index (χ0n) is 7.14. The highest BCUT2D eigenvalue weighted by Gasteiger charge is 2.07. The fourth-order valence-electron chi connectivity index (χ4n) is 0. The van der Waals surface area contributed by atoms with Gasteiger partial charge in [0.05, 0.1) is 0 Å². The van der Waals surface area contributed by atoms with E-state index in [-0.39, 0.29) is 4.84 Å². The van der Waals surface area contributed by atoms with Gasteiger partial charge >= 0.3 is 0 Å². The molecule has 0 spiro atoms. The Morgan fingerprint density at radius 3 is 1.08 bits per heavy atom. The van der Waals surface area contributed by atoms with Gasteiger partial charge in [0.2, 0.25) is 0 Å². The van der Waals surface area contributed by atoms with Crippen molar-refractivity contribution < 1.29 is 0 Å². The summed E-state index contributed by atoms with van der Waals surface area (Å²) in [7, 11) is 0. The van der Waals surface area contributed by atoms with Crippen molar-refractivity contribution in [2.24, 2.45) is 0 Å². The summed E-state index contributed by atoms with van der Waals surface area (Å²) in [6, 6.07) is 0. The Balaban J connectivity index is -0.000000117. The van der Waals surface area contributed by atoms with Gasteiger partial charge in [0.25, 0.3) is 0 Å². The second-order valence-electron chi connectivity index (χ2n) is 1.68. The minimum Gasteiger partial charge on any atom is -0.125 e. The van der Waals surface area contributed by atoms with Crippen LogP contribution in [0.1, 0.15) is 13.8 Å². The largest absolute Gasteiger partial charge is 0.187 e. The number of hydrogen-bond donors (Lipinski definition) is 0. The van der Waals surface area contributed by atoms with Gasteiger partial charge in [0.15, 0.2) is 3.79 Å². The van der Waals surface area contributed by atoms with Crippen LogP contribution in [0, 0.1) is 0 Å². The first-order valence-corrected chi connectivity index (χ1v) is 6.19. The van der Waals surface area contributed by atoms with Crippen LogP contribution in [0.4, 0.5) is 0 Å². The fraction of sp³-hybridized carbons (Fsp3) is 1.00. The van der Waals surface area contributed by atoms with Crippen molar-refractivity contribution in [3.05, 3.63) is 0 Å². The standard InChI is InChI=1S/C2H3Cl3.2C2H4Cl2/c1-2(3,4)5;1-2(3)4;3-1-2-4/h1H3;2H,1H3;1-2H2. The molecule has 0 atom stereocenters. The normalized spacial score (nSPS) is 9.69. The number of rotatable bonds is 1.